The maximum atomic E-state index is 13.9. The van der Waals surface area contributed by atoms with Gasteiger partial charge < -0.3 is 5.32 Å². The summed E-state index contributed by atoms with van der Waals surface area (Å²) < 4.78 is 40.3. The van der Waals surface area contributed by atoms with E-state index in [0.717, 1.165) is 10.9 Å². The molecule has 1 aromatic heterocycles. The number of hydrogen-bond donors (Lipinski definition) is 1. The molecule has 9 heteroatoms. The van der Waals surface area contributed by atoms with E-state index in [0.29, 0.717) is 13.1 Å². The lowest BCUT2D eigenvalue weighted by Gasteiger charge is -2.33. The number of carbonyl (C=O) groups excluding carboxylic acids is 1. The van der Waals surface area contributed by atoms with Crippen molar-refractivity contribution in [1.82, 2.24) is 14.5 Å². The number of carbonyl (C=O) groups is 1. The zero-order valence-electron chi connectivity index (χ0n) is 15.0. The van der Waals surface area contributed by atoms with Crippen molar-refractivity contribution in [2.24, 2.45) is 0 Å². The SMILES string of the molecule is C[C@@H](NC(=O)CN1CCN(S(=O)(=O)c2ccccc2F)CC1)c1cccs1. The summed E-state index contributed by atoms with van der Waals surface area (Å²) in [6, 6.07) is 9.24. The number of piperazine rings is 1. The second kappa shape index (κ2) is 8.47. The third-order valence-corrected chi connectivity index (χ3v) is 7.49. The number of benzene rings is 1. The highest BCUT2D eigenvalue weighted by Crippen LogP contribution is 2.21. The van der Waals surface area contributed by atoms with Gasteiger partial charge in [-0.05, 0) is 30.5 Å². The minimum Gasteiger partial charge on any atom is -0.348 e. The summed E-state index contributed by atoms with van der Waals surface area (Å²) in [5.74, 6) is -0.844. The molecule has 1 saturated heterocycles. The van der Waals surface area contributed by atoms with Crippen molar-refractivity contribution < 1.29 is 17.6 Å². The first-order valence-corrected chi connectivity index (χ1v) is 11.0. The monoisotopic (exact) mass is 411 g/mol. The standard InChI is InChI=1S/C18H22FN3O3S2/c1-14(16-6-4-12-26-16)20-18(23)13-21-8-10-22(11-9-21)27(24,25)17-7-3-2-5-15(17)19/h2-7,12,14H,8-11,13H2,1H3,(H,20,23)/t14-/m1/s1. The lowest BCUT2D eigenvalue weighted by atomic mass is 10.2. The van der Waals surface area contributed by atoms with Gasteiger partial charge in [-0.3, -0.25) is 9.69 Å². The largest absolute Gasteiger partial charge is 0.348 e. The molecule has 2 aromatic rings. The van der Waals surface area contributed by atoms with E-state index in [1.54, 1.807) is 11.3 Å². The van der Waals surface area contributed by atoms with Gasteiger partial charge in [0.25, 0.3) is 0 Å². The van der Waals surface area contributed by atoms with Gasteiger partial charge in [-0.2, -0.15) is 4.31 Å². The Kier molecular flexibility index (Phi) is 6.25. The van der Waals surface area contributed by atoms with Gasteiger partial charge in [0, 0.05) is 31.1 Å². The lowest BCUT2D eigenvalue weighted by molar-refractivity contribution is -0.123. The summed E-state index contributed by atoms with van der Waals surface area (Å²) in [7, 11) is -3.86. The molecule has 1 fully saturated rings. The van der Waals surface area contributed by atoms with Crippen LogP contribution in [0.2, 0.25) is 0 Å². The molecule has 1 N–H and O–H groups in total. The summed E-state index contributed by atoms with van der Waals surface area (Å²) in [5.41, 5.74) is 0. The molecular weight excluding hydrogens is 389 g/mol. The van der Waals surface area contributed by atoms with Gasteiger partial charge in [-0.25, -0.2) is 12.8 Å². The number of sulfonamides is 1. The first-order valence-electron chi connectivity index (χ1n) is 8.68. The third kappa shape index (κ3) is 4.73. The Hall–Kier alpha value is -1.81. The first-order chi connectivity index (χ1) is 12.9. The Balaban J connectivity index is 1.53. The molecule has 0 unspecified atom stereocenters. The Morgan fingerprint density at radius 2 is 1.89 bits per heavy atom. The van der Waals surface area contributed by atoms with Crippen LogP contribution in [0.1, 0.15) is 17.8 Å². The molecule has 0 spiro atoms. The van der Waals surface area contributed by atoms with Crippen LogP contribution in [-0.2, 0) is 14.8 Å². The van der Waals surface area contributed by atoms with Gasteiger partial charge in [0.05, 0.1) is 12.6 Å². The van der Waals surface area contributed by atoms with Crippen molar-refractivity contribution in [3.05, 3.63) is 52.5 Å². The fraction of sp³-hybridized carbons (Fsp3) is 0.389. The summed E-state index contributed by atoms with van der Waals surface area (Å²) in [6.07, 6.45) is 0. The van der Waals surface area contributed by atoms with Crippen LogP contribution < -0.4 is 5.32 Å². The zero-order chi connectivity index (χ0) is 19.4. The summed E-state index contributed by atoms with van der Waals surface area (Å²) in [4.78, 5) is 14.9. The number of halogens is 1. The minimum atomic E-state index is -3.86. The molecule has 1 aliphatic rings. The maximum Gasteiger partial charge on any atom is 0.246 e. The highest BCUT2D eigenvalue weighted by atomic mass is 32.2. The molecule has 2 heterocycles. The van der Waals surface area contributed by atoms with E-state index in [2.05, 4.69) is 5.32 Å². The molecule has 0 saturated carbocycles. The molecule has 1 aromatic carbocycles. The van der Waals surface area contributed by atoms with Crippen LogP contribution >= 0.6 is 11.3 Å². The summed E-state index contributed by atoms with van der Waals surface area (Å²) in [5, 5.41) is 4.92. The highest BCUT2D eigenvalue weighted by Gasteiger charge is 2.30. The molecule has 0 bridgehead atoms. The van der Waals surface area contributed by atoms with Crippen molar-refractivity contribution in [3.8, 4) is 0 Å². The molecule has 0 aliphatic carbocycles. The first kappa shape index (κ1) is 19.9. The van der Waals surface area contributed by atoms with Crippen LogP contribution in [0.15, 0.2) is 46.7 Å². The van der Waals surface area contributed by atoms with Crippen LogP contribution in [0.4, 0.5) is 4.39 Å². The molecular formula is C18H22FN3O3S2. The van der Waals surface area contributed by atoms with E-state index >= 15 is 0 Å². The van der Waals surface area contributed by atoms with Gasteiger partial charge >= 0.3 is 0 Å². The van der Waals surface area contributed by atoms with Crippen LogP contribution in [0.25, 0.3) is 0 Å². The summed E-state index contributed by atoms with van der Waals surface area (Å²) >= 11 is 1.59. The van der Waals surface area contributed by atoms with E-state index < -0.39 is 15.8 Å². The van der Waals surface area contributed by atoms with Crippen molar-refractivity contribution >= 4 is 27.3 Å². The van der Waals surface area contributed by atoms with Crippen LogP contribution in [0.3, 0.4) is 0 Å². The molecule has 1 atom stereocenters. The van der Waals surface area contributed by atoms with Crippen molar-refractivity contribution in [2.75, 3.05) is 32.7 Å². The normalized spacial score (nSPS) is 17.6. The maximum absolute atomic E-state index is 13.9. The van der Waals surface area contributed by atoms with E-state index in [9.17, 15) is 17.6 Å². The molecule has 6 nitrogen and oxygen atoms in total. The molecule has 1 amide bonds. The number of amides is 1. The van der Waals surface area contributed by atoms with Crippen molar-refractivity contribution in [1.29, 1.82) is 0 Å². The van der Waals surface area contributed by atoms with Crippen LogP contribution in [0.5, 0.6) is 0 Å². The highest BCUT2D eigenvalue weighted by molar-refractivity contribution is 7.89. The molecule has 1 aliphatic heterocycles. The van der Waals surface area contributed by atoms with Crippen LogP contribution in [-0.4, -0.2) is 56.3 Å². The van der Waals surface area contributed by atoms with E-state index in [1.807, 2.05) is 29.3 Å². The van der Waals surface area contributed by atoms with E-state index in [-0.39, 0.29) is 36.5 Å². The third-order valence-electron chi connectivity index (χ3n) is 4.50. The number of hydrogen-bond acceptors (Lipinski definition) is 5. The predicted molar refractivity (Wildman–Crippen MR) is 102 cm³/mol. The molecule has 3 rings (SSSR count). The van der Waals surface area contributed by atoms with Gasteiger partial charge in [0.1, 0.15) is 10.7 Å². The Labute approximate surface area is 162 Å². The Bertz CT molecular complexity index is 879. The van der Waals surface area contributed by atoms with Gasteiger partial charge in [0.15, 0.2) is 0 Å². The Morgan fingerprint density at radius 1 is 1.19 bits per heavy atom. The molecule has 0 radical (unpaired) electrons. The van der Waals surface area contributed by atoms with Crippen molar-refractivity contribution in [3.63, 3.8) is 0 Å². The fourth-order valence-corrected chi connectivity index (χ4v) is 5.24. The number of nitrogens with zero attached hydrogens (tertiary/aromatic N) is 2. The lowest BCUT2D eigenvalue weighted by Crippen LogP contribution is -2.51. The predicted octanol–water partition coefficient (Wildman–Crippen LogP) is 2.07. The number of rotatable bonds is 6. The fourth-order valence-electron chi connectivity index (χ4n) is 3.02. The number of thiophene rings is 1. The average molecular weight is 412 g/mol. The zero-order valence-corrected chi connectivity index (χ0v) is 16.6. The van der Waals surface area contributed by atoms with E-state index in [1.165, 1.54) is 22.5 Å². The molecule has 146 valence electrons. The smallest absolute Gasteiger partial charge is 0.246 e. The average Bonchev–Trinajstić information content (AvgIpc) is 3.17. The van der Waals surface area contributed by atoms with Crippen LogP contribution in [0, 0.1) is 5.82 Å². The topological polar surface area (TPSA) is 69.7 Å². The Morgan fingerprint density at radius 3 is 2.52 bits per heavy atom. The van der Waals surface area contributed by atoms with Gasteiger partial charge in [-0.1, -0.05) is 18.2 Å². The molecule has 27 heavy (non-hydrogen) atoms. The second-order valence-electron chi connectivity index (χ2n) is 6.42. The van der Waals surface area contributed by atoms with Gasteiger partial charge in [0.2, 0.25) is 15.9 Å². The summed E-state index contributed by atoms with van der Waals surface area (Å²) in [6.45, 7) is 3.45. The quantitative estimate of drug-likeness (QED) is 0.790. The van der Waals surface area contributed by atoms with E-state index in [4.69, 9.17) is 0 Å². The van der Waals surface area contributed by atoms with Crippen molar-refractivity contribution in [2.45, 2.75) is 17.9 Å². The minimum absolute atomic E-state index is 0.0553. The number of nitrogens with one attached hydrogen (secondary N) is 1. The van der Waals surface area contributed by atoms with Gasteiger partial charge in [-0.15, -0.1) is 11.3 Å². The second-order valence-corrected chi connectivity index (χ2v) is 9.30.